The summed E-state index contributed by atoms with van der Waals surface area (Å²) in [6, 6.07) is 3.55. The van der Waals surface area contributed by atoms with Gasteiger partial charge >= 0.3 is 18.4 Å². The van der Waals surface area contributed by atoms with E-state index in [-0.39, 0.29) is 24.0 Å². The maximum Gasteiger partial charge on any atom is 0.336 e. The van der Waals surface area contributed by atoms with E-state index in [4.69, 9.17) is 4.74 Å². The van der Waals surface area contributed by atoms with E-state index >= 15 is 0 Å². The van der Waals surface area contributed by atoms with E-state index in [9.17, 15) is 22.8 Å². The minimum absolute atomic E-state index is 0.0239. The number of anilines is 1. The first-order valence-electron chi connectivity index (χ1n) is 8.71. The highest BCUT2D eigenvalue weighted by Gasteiger charge is 2.27. The van der Waals surface area contributed by atoms with Crippen LogP contribution in [-0.4, -0.2) is 30.8 Å². The number of carbonyl (C=O) groups excluding carboxylic acids is 2. The number of benzene rings is 1. The summed E-state index contributed by atoms with van der Waals surface area (Å²) < 4.78 is 47.0. The van der Waals surface area contributed by atoms with Crippen molar-refractivity contribution in [3.8, 4) is 5.75 Å². The van der Waals surface area contributed by atoms with Crippen LogP contribution in [0.1, 0.15) is 39.7 Å². The zero-order chi connectivity index (χ0) is 20.7. The van der Waals surface area contributed by atoms with Crippen molar-refractivity contribution in [1.82, 2.24) is 0 Å². The van der Waals surface area contributed by atoms with Crippen molar-refractivity contribution in [3.63, 3.8) is 0 Å². The van der Waals surface area contributed by atoms with Crippen LogP contribution in [0.15, 0.2) is 18.2 Å². The molecule has 152 valence electrons. The van der Waals surface area contributed by atoms with E-state index in [0.29, 0.717) is 11.3 Å². The highest BCUT2D eigenvalue weighted by molar-refractivity contribution is 5.90. The van der Waals surface area contributed by atoms with Gasteiger partial charge in [-0.2, -0.15) is 4.39 Å². The molecule has 0 aliphatic rings. The summed E-state index contributed by atoms with van der Waals surface area (Å²) in [7, 11) is 0. The summed E-state index contributed by atoms with van der Waals surface area (Å²) in [6.07, 6.45) is -5.82. The lowest BCUT2D eigenvalue weighted by Gasteiger charge is -2.22. The first kappa shape index (κ1) is 22.8. The number of esters is 2. The molecule has 0 radical (unpaired) electrons. The van der Waals surface area contributed by atoms with E-state index in [1.54, 1.807) is 20.8 Å². The summed E-state index contributed by atoms with van der Waals surface area (Å²) in [5.41, 5.74) is 0.898. The monoisotopic (exact) mass is 389 g/mol. The summed E-state index contributed by atoms with van der Waals surface area (Å²) in [6.45, 7) is 8.81. The Morgan fingerprint density at radius 2 is 1.74 bits per heavy atom. The number of alkyl halides is 3. The van der Waals surface area contributed by atoms with Crippen LogP contribution in [0.2, 0.25) is 0 Å². The van der Waals surface area contributed by atoms with Crippen molar-refractivity contribution in [2.24, 2.45) is 11.8 Å². The average Bonchev–Trinajstić information content (AvgIpc) is 2.53. The van der Waals surface area contributed by atoms with Crippen molar-refractivity contribution in [2.75, 3.05) is 5.32 Å². The molecule has 0 amide bonds. The third-order valence-electron chi connectivity index (χ3n) is 3.64. The van der Waals surface area contributed by atoms with Gasteiger partial charge in [0.15, 0.2) is 0 Å². The van der Waals surface area contributed by atoms with Gasteiger partial charge in [-0.15, -0.1) is 0 Å². The lowest BCUT2D eigenvalue weighted by Crippen LogP contribution is -2.37. The number of hydrogen-bond acceptors (Lipinski definition) is 5. The Morgan fingerprint density at radius 1 is 1.11 bits per heavy atom. The fourth-order valence-electron chi connectivity index (χ4n) is 2.27. The second kappa shape index (κ2) is 10.2. The number of rotatable bonds is 9. The molecule has 0 aliphatic carbocycles. The zero-order valence-corrected chi connectivity index (χ0v) is 16.1. The lowest BCUT2D eigenvalue weighted by molar-refractivity contribution is -0.161. The third-order valence-corrected chi connectivity index (χ3v) is 3.64. The average molecular weight is 389 g/mol. The number of nitrogens with one attached hydrogen (secondary N) is 1. The molecular weight excluding hydrogens is 363 g/mol. The Morgan fingerprint density at radius 3 is 2.22 bits per heavy atom. The maximum atomic E-state index is 13.0. The van der Waals surface area contributed by atoms with Gasteiger partial charge in [0.25, 0.3) is 6.36 Å². The molecule has 0 saturated heterocycles. The summed E-state index contributed by atoms with van der Waals surface area (Å²) in [5.74, 6) is -1.43. The maximum absolute atomic E-state index is 13.0. The Kier molecular flexibility index (Phi) is 8.59. The Balaban J connectivity index is 2.84. The molecule has 0 saturated carbocycles. The summed E-state index contributed by atoms with van der Waals surface area (Å²) >= 11 is 0. The van der Waals surface area contributed by atoms with Crippen molar-refractivity contribution in [2.45, 2.75) is 59.9 Å². The normalized spacial score (nSPS) is 13.6. The second-order valence-electron chi connectivity index (χ2n) is 7.04. The molecule has 0 spiro atoms. The molecule has 1 aromatic rings. The molecule has 8 heteroatoms. The van der Waals surface area contributed by atoms with Gasteiger partial charge in [-0.05, 0) is 42.5 Å². The summed E-state index contributed by atoms with van der Waals surface area (Å²) in [4.78, 5) is 24.0. The molecule has 1 rings (SSSR count). The van der Waals surface area contributed by atoms with Crippen LogP contribution in [0.5, 0.6) is 5.75 Å². The van der Waals surface area contributed by atoms with E-state index < -0.39 is 30.8 Å². The molecule has 27 heavy (non-hydrogen) atoms. The molecule has 0 bridgehead atoms. The van der Waals surface area contributed by atoms with Gasteiger partial charge in [0.1, 0.15) is 11.8 Å². The SMILES string of the molecule is Cc1cc(NC(C(=O)OC(=O)CC(C)C)C(C)C)ccc1OC(F)C(F)F. The van der Waals surface area contributed by atoms with Gasteiger partial charge in [0.2, 0.25) is 0 Å². The minimum Gasteiger partial charge on any atom is -0.454 e. The topological polar surface area (TPSA) is 64.6 Å². The Hall–Kier alpha value is -2.25. The first-order chi connectivity index (χ1) is 12.5. The molecule has 1 aromatic carbocycles. The van der Waals surface area contributed by atoms with Crippen molar-refractivity contribution < 1.29 is 32.2 Å². The number of carbonyl (C=O) groups is 2. The molecule has 2 atom stereocenters. The highest BCUT2D eigenvalue weighted by atomic mass is 19.3. The van der Waals surface area contributed by atoms with Crippen LogP contribution in [0, 0.1) is 18.8 Å². The van der Waals surface area contributed by atoms with E-state index in [0.717, 1.165) is 0 Å². The zero-order valence-electron chi connectivity index (χ0n) is 16.1. The van der Waals surface area contributed by atoms with Crippen molar-refractivity contribution in [3.05, 3.63) is 23.8 Å². The van der Waals surface area contributed by atoms with Gasteiger partial charge in [-0.25, -0.2) is 13.6 Å². The standard InChI is InChI=1S/C19H26F3NO4/c1-10(2)8-15(24)27-19(25)16(11(3)4)23-13-6-7-14(12(5)9-13)26-18(22)17(20)21/h6-7,9-11,16-18,23H,8H2,1-5H3. The quantitative estimate of drug-likeness (QED) is 0.498. The van der Waals surface area contributed by atoms with Crippen LogP contribution < -0.4 is 10.1 Å². The molecule has 5 nitrogen and oxygen atoms in total. The predicted octanol–water partition coefficient (Wildman–Crippen LogP) is 4.49. The van der Waals surface area contributed by atoms with Gasteiger partial charge in [-0.1, -0.05) is 27.7 Å². The number of aryl methyl sites for hydroxylation is 1. The largest absolute Gasteiger partial charge is 0.454 e. The lowest BCUT2D eigenvalue weighted by atomic mass is 10.0. The van der Waals surface area contributed by atoms with Gasteiger partial charge in [0, 0.05) is 12.1 Å². The fraction of sp³-hybridized carbons (Fsp3) is 0.579. The Bertz CT molecular complexity index is 650. The van der Waals surface area contributed by atoms with Crippen LogP contribution in [0.25, 0.3) is 0 Å². The molecule has 0 heterocycles. The third kappa shape index (κ3) is 7.48. The van der Waals surface area contributed by atoms with Crippen molar-refractivity contribution >= 4 is 17.6 Å². The predicted molar refractivity (Wildman–Crippen MR) is 95.5 cm³/mol. The van der Waals surface area contributed by atoms with Gasteiger partial charge in [-0.3, -0.25) is 4.79 Å². The highest BCUT2D eigenvalue weighted by Crippen LogP contribution is 2.26. The fourth-order valence-corrected chi connectivity index (χ4v) is 2.27. The smallest absolute Gasteiger partial charge is 0.336 e. The molecule has 0 fully saturated rings. The molecule has 0 aromatic heterocycles. The molecular formula is C19H26F3NO4. The second-order valence-corrected chi connectivity index (χ2v) is 7.04. The summed E-state index contributed by atoms with van der Waals surface area (Å²) in [5, 5.41) is 2.96. The van der Waals surface area contributed by atoms with Crippen molar-refractivity contribution in [1.29, 1.82) is 0 Å². The van der Waals surface area contributed by atoms with Crippen LogP contribution >= 0.6 is 0 Å². The minimum atomic E-state index is -3.24. The van der Waals surface area contributed by atoms with Gasteiger partial charge < -0.3 is 14.8 Å². The molecule has 0 aliphatic heterocycles. The number of hydrogen-bond donors (Lipinski definition) is 1. The van der Waals surface area contributed by atoms with E-state index in [1.807, 2.05) is 13.8 Å². The molecule has 1 N–H and O–H groups in total. The molecule has 2 unspecified atom stereocenters. The van der Waals surface area contributed by atoms with Crippen LogP contribution in [-0.2, 0) is 14.3 Å². The first-order valence-corrected chi connectivity index (χ1v) is 8.71. The number of ether oxygens (including phenoxy) is 2. The van der Waals surface area contributed by atoms with Gasteiger partial charge in [0.05, 0.1) is 0 Å². The van der Waals surface area contributed by atoms with E-state index in [2.05, 4.69) is 10.1 Å². The van der Waals surface area contributed by atoms with Crippen LogP contribution in [0.3, 0.4) is 0 Å². The number of halogens is 3. The van der Waals surface area contributed by atoms with E-state index in [1.165, 1.54) is 18.2 Å². The Labute approximate surface area is 157 Å². The van der Waals surface area contributed by atoms with Crippen LogP contribution in [0.4, 0.5) is 18.9 Å².